The van der Waals surface area contributed by atoms with E-state index in [-0.39, 0.29) is 18.3 Å². The van der Waals surface area contributed by atoms with E-state index in [1.54, 1.807) is 6.07 Å². The lowest BCUT2D eigenvalue weighted by atomic mass is 10.1. The molecule has 0 spiro atoms. The molecule has 0 bridgehead atoms. The van der Waals surface area contributed by atoms with E-state index in [0.717, 1.165) is 15.6 Å². The van der Waals surface area contributed by atoms with Gasteiger partial charge >= 0.3 is 5.97 Å². The Morgan fingerprint density at radius 3 is 2.43 bits per heavy atom. The van der Waals surface area contributed by atoms with Crippen molar-refractivity contribution in [1.29, 1.82) is 0 Å². The fraction of sp³-hybridized carbons (Fsp3) is 0.375. The lowest BCUT2D eigenvalue weighted by Gasteiger charge is -2.09. The Hall–Kier alpha value is -1.17. The summed E-state index contributed by atoms with van der Waals surface area (Å²) in [7, 11) is 3.27. The van der Waals surface area contributed by atoms with E-state index >= 15 is 0 Å². The molecule has 0 amide bonds. The predicted octanol–water partition coefficient (Wildman–Crippen LogP) is 4.72. The first-order chi connectivity index (χ1) is 10.8. The van der Waals surface area contributed by atoms with Crippen LogP contribution in [0.4, 0.5) is 0 Å². The van der Waals surface area contributed by atoms with Crippen molar-refractivity contribution in [1.82, 2.24) is 9.55 Å². The van der Waals surface area contributed by atoms with E-state index in [0.29, 0.717) is 15.9 Å². The third-order valence-electron chi connectivity index (χ3n) is 3.29. The van der Waals surface area contributed by atoms with Crippen LogP contribution >= 0.6 is 35.0 Å². The molecular formula is C16H18Cl2N2O2S. The van der Waals surface area contributed by atoms with Gasteiger partial charge in [0, 0.05) is 22.0 Å². The molecule has 0 aliphatic carbocycles. The van der Waals surface area contributed by atoms with Gasteiger partial charge in [-0.2, -0.15) is 0 Å². The lowest BCUT2D eigenvalue weighted by Crippen LogP contribution is -2.09. The van der Waals surface area contributed by atoms with Crippen LogP contribution in [0.15, 0.2) is 28.1 Å². The first-order valence-electron chi connectivity index (χ1n) is 7.08. The number of hydrogen-bond acceptors (Lipinski definition) is 4. The van der Waals surface area contributed by atoms with Gasteiger partial charge in [-0.25, -0.2) is 4.98 Å². The molecule has 0 atom stereocenters. The summed E-state index contributed by atoms with van der Waals surface area (Å²) in [5, 5.41) is 2.14. The quantitative estimate of drug-likeness (QED) is 0.712. The minimum absolute atomic E-state index is 0.142. The molecule has 23 heavy (non-hydrogen) atoms. The number of benzene rings is 1. The maximum absolute atomic E-state index is 11.6. The number of halogens is 2. The summed E-state index contributed by atoms with van der Waals surface area (Å²) in [4.78, 5) is 17.1. The molecule has 1 heterocycles. The van der Waals surface area contributed by atoms with Crippen LogP contribution in [-0.4, -0.2) is 22.6 Å². The van der Waals surface area contributed by atoms with Gasteiger partial charge in [0.25, 0.3) is 0 Å². The highest BCUT2D eigenvalue weighted by Crippen LogP contribution is 2.36. The van der Waals surface area contributed by atoms with Crippen LogP contribution in [0.1, 0.15) is 31.3 Å². The van der Waals surface area contributed by atoms with E-state index in [9.17, 15) is 4.79 Å². The van der Waals surface area contributed by atoms with Gasteiger partial charge in [-0.1, -0.05) is 48.8 Å². The van der Waals surface area contributed by atoms with Crippen LogP contribution < -0.4 is 0 Å². The minimum Gasteiger partial charge on any atom is -0.469 e. The number of aromatic nitrogens is 2. The first-order valence-corrected chi connectivity index (χ1v) is 8.65. The fourth-order valence-electron chi connectivity index (χ4n) is 2.11. The molecule has 124 valence electrons. The van der Waals surface area contributed by atoms with Crippen LogP contribution in [0.2, 0.25) is 10.0 Å². The molecule has 2 rings (SSSR count). The van der Waals surface area contributed by atoms with Crippen molar-refractivity contribution in [3.05, 3.63) is 39.8 Å². The summed E-state index contributed by atoms with van der Waals surface area (Å²) in [5.74, 6) is 0.594. The number of ether oxygens (including phenoxy) is 1. The second kappa shape index (κ2) is 7.60. The Morgan fingerprint density at radius 1 is 1.30 bits per heavy atom. The van der Waals surface area contributed by atoms with Crippen LogP contribution in [0.5, 0.6) is 0 Å². The molecule has 0 radical (unpaired) electrons. The van der Waals surface area contributed by atoms with Crippen molar-refractivity contribution in [2.24, 2.45) is 7.05 Å². The average Bonchev–Trinajstić information content (AvgIpc) is 2.75. The monoisotopic (exact) mass is 372 g/mol. The number of carbonyl (C=O) groups is 1. The summed E-state index contributed by atoms with van der Waals surface area (Å²) in [6.45, 7) is 4.14. The zero-order chi connectivity index (χ0) is 17.1. The van der Waals surface area contributed by atoms with Gasteiger partial charge in [-0.05, 0) is 24.1 Å². The maximum atomic E-state index is 11.6. The molecule has 7 heteroatoms. The van der Waals surface area contributed by atoms with E-state index in [4.69, 9.17) is 27.9 Å². The second-order valence-electron chi connectivity index (χ2n) is 5.39. The number of methoxy groups -OCH3 is 1. The standard InChI is InChI=1S/C16H18Cl2N2O2S/c1-9(2)15-16(20(3)13(19-15)8-14(21)22-4)23-12-6-10(17)5-11(18)7-12/h5-7,9H,8H2,1-4H3. The van der Waals surface area contributed by atoms with Crippen molar-refractivity contribution in [2.45, 2.75) is 36.1 Å². The topological polar surface area (TPSA) is 44.1 Å². The van der Waals surface area contributed by atoms with E-state index in [2.05, 4.69) is 18.8 Å². The number of esters is 1. The molecule has 0 aliphatic heterocycles. The second-order valence-corrected chi connectivity index (χ2v) is 7.33. The Labute approximate surface area is 150 Å². The molecular weight excluding hydrogens is 355 g/mol. The Balaban J connectivity index is 2.41. The number of hydrogen-bond donors (Lipinski definition) is 0. The molecule has 1 aromatic carbocycles. The molecule has 0 fully saturated rings. The lowest BCUT2D eigenvalue weighted by molar-refractivity contribution is -0.139. The summed E-state index contributed by atoms with van der Waals surface area (Å²) >= 11 is 13.7. The zero-order valence-corrected chi connectivity index (χ0v) is 15.7. The summed E-state index contributed by atoms with van der Waals surface area (Å²) in [6, 6.07) is 5.41. The van der Waals surface area contributed by atoms with Crippen molar-refractivity contribution < 1.29 is 9.53 Å². The Kier molecular flexibility index (Phi) is 6.00. The smallest absolute Gasteiger partial charge is 0.313 e. The summed E-state index contributed by atoms with van der Waals surface area (Å²) in [6.07, 6.45) is 0.142. The van der Waals surface area contributed by atoms with Gasteiger partial charge in [0.15, 0.2) is 0 Å². The van der Waals surface area contributed by atoms with E-state index in [1.165, 1.54) is 18.9 Å². The SMILES string of the molecule is COC(=O)Cc1nc(C(C)C)c(Sc2cc(Cl)cc(Cl)c2)n1C. The summed E-state index contributed by atoms with van der Waals surface area (Å²) < 4.78 is 6.66. The zero-order valence-electron chi connectivity index (χ0n) is 13.4. The summed E-state index contributed by atoms with van der Waals surface area (Å²) in [5.41, 5.74) is 0.938. The van der Waals surface area contributed by atoms with Gasteiger partial charge in [0.05, 0.1) is 12.8 Å². The molecule has 0 unspecified atom stereocenters. The molecule has 0 N–H and O–H groups in total. The highest BCUT2D eigenvalue weighted by Gasteiger charge is 2.20. The first kappa shape index (κ1) is 18.2. The molecule has 1 aromatic heterocycles. The molecule has 2 aromatic rings. The van der Waals surface area contributed by atoms with Gasteiger partial charge < -0.3 is 9.30 Å². The van der Waals surface area contributed by atoms with E-state index < -0.39 is 0 Å². The van der Waals surface area contributed by atoms with Crippen LogP contribution in [0, 0.1) is 0 Å². The van der Waals surface area contributed by atoms with E-state index in [1.807, 2.05) is 23.7 Å². The number of carbonyl (C=O) groups excluding carboxylic acids is 1. The van der Waals surface area contributed by atoms with Crippen molar-refractivity contribution in [3.63, 3.8) is 0 Å². The normalized spacial score (nSPS) is 11.1. The van der Waals surface area contributed by atoms with Gasteiger partial charge in [-0.3, -0.25) is 4.79 Å². The van der Waals surface area contributed by atoms with Crippen molar-refractivity contribution >= 4 is 40.9 Å². The van der Waals surface area contributed by atoms with Crippen LogP contribution in [0.3, 0.4) is 0 Å². The third kappa shape index (κ3) is 4.43. The van der Waals surface area contributed by atoms with Crippen LogP contribution in [0.25, 0.3) is 0 Å². The maximum Gasteiger partial charge on any atom is 0.313 e. The highest BCUT2D eigenvalue weighted by atomic mass is 35.5. The van der Waals surface area contributed by atoms with Gasteiger partial charge in [0.1, 0.15) is 17.3 Å². The number of imidazole rings is 1. The van der Waals surface area contributed by atoms with Crippen molar-refractivity contribution in [2.75, 3.05) is 7.11 Å². The molecule has 4 nitrogen and oxygen atoms in total. The Bertz CT molecular complexity index is 709. The van der Waals surface area contributed by atoms with Gasteiger partial charge in [-0.15, -0.1) is 0 Å². The minimum atomic E-state index is -0.309. The highest BCUT2D eigenvalue weighted by molar-refractivity contribution is 7.99. The van der Waals surface area contributed by atoms with Gasteiger partial charge in [0.2, 0.25) is 0 Å². The number of nitrogens with zero attached hydrogens (tertiary/aromatic N) is 2. The van der Waals surface area contributed by atoms with Crippen LogP contribution in [-0.2, 0) is 23.0 Å². The average molecular weight is 373 g/mol. The molecule has 0 saturated carbocycles. The fourth-order valence-corrected chi connectivity index (χ4v) is 3.98. The predicted molar refractivity (Wildman–Crippen MR) is 93.6 cm³/mol. The van der Waals surface area contributed by atoms with Crippen molar-refractivity contribution in [3.8, 4) is 0 Å². The largest absolute Gasteiger partial charge is 0.469 e. The number of rotatable bonds is 5. The molecule has 0 saturated heterocycles. The Morgan fingerprint density at radius 2 is 1.91 bits per heavy atom. The molecule has 0 aliphatic rings. The third-order valence-corrected chi connectivity index (χ3v) is 4.87.